The zero-order chi connectivity index (χ0) is 12.3. The molecule has 1 aromatic rings. The second kappa shape index (κ2) is 9.21. The van der Waals surface area contributed by atoms with Crippen molar-refractivity contribution >= 4 is 9.28 Å². The Balaban J connectivity index is 2.39. The second-order valence-electron chi connectivity index (χ2n) is 3.87. The monoisotopic (exact) mass is 254 g/mol. The molecular formula is C13H22O3Si. The summed E-state index contributed by atoms with van der Waals surface area (Å²) in [4.78, 5) is 0. The molecule has 0 heterocycles. The van der Waals surface area contributed by atoms with E-state index in [1.165, 1.54) is 6.42 Å². The van der Waals surface area contributed by atoms with Crippen molar-refractivity contribution in [3.8, 4) is 5.75 Å². The summed E-state index contributed by atoms with van der Waals surface area (Å²) >= 11 is 0. The van der Waals surface area contributed by atoms with Gasteiger partial charge in [0.25, 0.3) is 0 Å². The number of hydrogen-bond donors (Lipinski definition) is 0. The Hall–Kier alpha value is -0.843. The Labute approximate surface area is 106 Å². The van der Waals surface area contributed by atoms with Gasteiger partial charge in [0.05, 0.1) is 13.2 Å². The zero-order valence-corrected chi connectivity index (χ0v) is 11.9. The minimum atomic E-state index is -1.59. The molecule has 4 heteroatoms. The van der Waals surface area contributed by atoms with Gasteiger partial charge in [-0.25, -0.2) is 0 Å². The third kappa shape index (κ3) is 6.46. The van der Waals surface area contributed by atoms with Crippen molar-refractivity contribution in [2.45, 2.75) is 25.8 Å². The van der Waals surface area contributed by atoms with Crippen LogP contribution in [-0.4, -0.2) is 29.6 Å². The van der Waals surface area contributed by atoms with Crippen molar-refractivity contribution < 1.29 is 13.6 Å². The number of benzene rings is 1. The van der Waals surface area contributed by atoms with E-state index in [4.69, 9.17) is 13.6 Å². The van der Waals surface area contributed by atoms with E-state index in [1.807, 2.05) is 30.3 Å². The van der Waals surface area contributed by atoms with Gasteiger partial charge in [-0.1, -0.05) is 38.0 Å². The van der Waals surface area contributed by atoms with E-state index < -0.39 is 9.28 Å². The topological polar surface area (TPSA) is 27.7 Å². The molecule has 0 aliphatic rings. The molecular weight excluding hydrogens is 232 g/mol. The predicted octanol–water partition coefficient (Wildman–Crippen LogP) is 2.75. The Morgan fingerprint density at radius 1 is 1.12 bits per heavy atom. The molecule has 1 unspecified atom stereocenters. The van der Waals surface area contributed by atoms with Crippen LogP contribution in [0.3, 0.4) is 0 Å². The van der Waals surface area contributed by atoms with Crippen molar-refractivity contribution in [2.75, 3.05) is 20.3 Å². The van der Waals surface area contributed by atoms with E-state index in [2.05, 4.69) is 6.92 Å². The highest BCUT2D eigenvalue weighted by Gasteiger charge is 2.14. The maximum atomic E-state index is 5.92. The molecule has 0 bridgehead atoms. The van der Waals surface area contributed by atoms with Crippen molar-refractivity contribution in [1.29, 1.82) is 0 Å². The second-order valence-corrected chi connectivity index (χ2v) is 5.87. The molecule has 17 heavy (non-hydrogen) atoms. The van der Waals surface area contributed by atoms with Crippen molar-refractivity contribution in [2.24, 2.45) is 0 Å². The van der Waals surface area contributed by atoms with Crippen LogP contribution in [0.5, 0.6) is 5.75 Å². The van der Waals surface area contributed by atoms with Crippen molar-refractivity contribution in [3.05, 3.63) is 30.3 Å². The van der Waals surface area contributed by atoms with E-state index in [0.29, 0.717) is 13.2 Å². The zero-order valence-electron chi connectivity index (χ0n) is 10.7. The molecule has 0 spiro atoms. The first kappa shape index (κ1) is 14.2. The highest BCUT2D eigenvalue weighted by molar-refractivity contribution is 6.45. The van der Waals surface area contributed by atoms with E-state index in [9.17, 15) is 0 Å². The van der Waals surface area contributed by atoms with Gasteiger partial charge in [-0.2, -0.15) is 0 Å². The van der Waals surface area contributed by atoms with Crippen LogP contribution in [-0.2, 0) is 9.16 Å². The first-order valence-corrected chi connectivity index (χ1v) is 7.95. The Morgan fingerprint density at radius 3 is 2.53 bits per heavy atom. The van der Waals surface area contributed by atoms with E-state index in [1.54, 1.807) is 7.11 Å². The number of hydrogen-bond acceptors (Lipinski definition) is 3. The van der Waals surface area contributed by atoms with Crippen LogP contribution in [0, 0.1) is 0 Å². The molecule has 0 saturated heterocycles. The van der Waals surface area contributed by atoms with Crippen molar-refractivity contribution in [1.82, 2.24) is 0 Å². The molecule has 0 amide bonds. The maximum absolute atomic E-state index is 5.92. The van der Waals surface area contributed by atoms with Gasteiger partial charge in [-0.15, -0.1) is 0 Å². The van der Waals surface area contributed by atoms with Crippen LogP contribution in [0.4, 0.5) is 0 Å². The summed E-state index contributed by atoms with van der Waals surface area (Å²) in [5, 5.41) is 0. The largest absolute Gasteiger partial charge is 0.522 e. The Bertz CT molecular complexity index is 279. The highest BCUT2D eigenvalue weighted by atomic mass is 28.3. The van der Waals surface area contributed by atoms with Gasteiger partial charge in [-0.3, -0.25) is 0 Å². The molecule has 0 N–H and O–H groups in total. The van der Waals surface area contributed by atoms with E-state index in [0.717, 1.165) is 18.2 Å². The fourth-order valence-electron chi connectivity index (χ4n) is 1.46. The summed E-state index contributed by atoms with van der Waals surface area (Å²) in [7, 11) is 0.0949. The SMILES string of the molecule is CCCC[SiH](OCCOC)Oc1ccccc1. The number of ether oxygens (including phenoxy) is 1. The van der Waals surface area contributed by atoms with Crippen LogP contribution >= 0.6 is 0 Å². The summed E-state index contributed by atoms with van der Waals surface area (Å²) in [6.45, 7) is 3.45. The van der Waals surface area contributed by atoms with Gasteiger partial charge in [0.1, 0.15) is 5.75 Å². The van der Waals surface area contributed by atoms with Gasteiger partial charge >= 0.3 is 9.28 Å². The summed E-state index contributed by atoms with van der Waals surface area (Å²) in [5.41, 5.74) is 0. The molecule has 0 aromatic heterocycles. The van der Waals surface area contributed by atoms with Crippen LogP contribution in [0.1, 0.15) is 19.8 Å². The Morgan fingerprint density at radius 2 is 1.88 bits per heavy atom. The third-order valence-electron chi connectivity index (χ3n) is 2.40. The van der Waals surface area contributed by atoms with Gasteiger partial charge in [-0.05, 0) is 18.2 Å². The average molecular weight is 254 g/mol. The van der Waals surface area contributed by atoms with Gasteiger partial charge < -0.3 is 13.6 Å². The van der Waals surface area contributed by atoms with Crippen LogP contribution < -0.4 is 4.43 Å². The fraction of sp³-hybridized carbons (Fsp3) is 0.538. The van der Waals surface area contributed by atoms with Gasteiger partial charge in [0.2, 0.25) is 0 Å². The molecule has 96 valence electrons. The smallest absolute Gasteiger partial charge is 0.382 e. The number of methoxy groups -OCH3 is 1. The average Bonchev–Trinajstić information content (AvgIpc) is 2.37. The van der Waals surface area contributed by atoms with E-state index in [-0.39, 0.29) is 0 Å². The lowest BCUT2D eigenvalue weighted by Gasteiger charge is -2.17. The number of para-hydroxylation sites is 1. The van der Waals surface area contributed by atoms with Crippen molar-refractivity contribution in [3.63, 3.8) is 0 Å². The van der Waals surface area contributed by atoms with Crippen LogP contribution in [0.25, 0.3) is 0 Å². The lowest BCUT2D eigenvalue weighted by Crippen LogP contribution is -2.27. The minimum absolute atomic E-state index is 0.629. The summed E-state index contributed by atoms with van der Waals surface area (Å²) in [6.07, 6.45) is 2.34. The molecule has 0 aliphatic carbocycles. The predicted molar refractivity (Wildman–Crippen MR) is 71.8 cm³/mol. The number of rotatable bonds is 9. The summed E-state index contributed by atoms with van der Waals surface area (Å²) in [5.74, 6) is 0.915. The first-order valence-electron chi connectivity index (χ1n) is 6.19. The molecule has 3 nitrogen and oxygen atoms in total. The molecule has 1 aromatic carbocycles. The quantitative estimate of drug-likeness (QED) is 0.501. The molecule has 1 atom stereocenters. The Kier molecular flexibility index (Phi) is 7.71. The number of unbranched alkanes of at least 4 members (excludes halogenated alkanes) is 1. The lowest BCUT2D eigenvalue weighted by molar-refractivity contribution is 0.135. The molecule has 0 saturated carbocycles. The third-order valence-corrected chi connectivity index (χ3v) is 4.42. The van der Waals surface area contributed by atoms with Gasteiger partial charge in [0, 0.05) is 7.11 Å². The van der Waals surface area contributed by atoms with Gasteiger partial charge in [0.15, 0.2) is 0 Å². The lowest BCUT2D eigenvalue weighted by atomic mass is 10.3. The standard InChI is InChI=1S/C13H22O3Si/c1-3-4-12-17(15-11-10-14-2)16-13-8-6-5-7-9-13/h5-9,17H,3-4,10-12H2,1-2H3. The summed E-state index contributed by atoms with van der Waals surface area (Å²) < 4.78 is 16.7. The highest BCUT2D eigenvalue weighted by Crippen LogP contribution is 2.13. The summed E-state index contributed by atoms with van der Waals surface area (Å²) in [6, 6.07) is 11.0. The molecule has 0 aliphatic heterocycles. The fourth-order valence-corrected chi connectivity index (χ4v) is 3.37. The molecule has 0 radical (unpaired) electrons. The normalized spacial score (nSPS) is 12.4. The molecule has 0 fully saturated rings. The maximum Gasteiger partial charge on any atom is 0.382 e. The molecule has 1 rings (SSSR count). The van der Waals surface area contributed by atoms with E-state index >= 15 is 0 Å². The van der Waals surface area contributed by atoms with Crippen LogP contribution in [0.15, 0.2) is 30.3 Å². The van der Waals surface area contributed by atoms with Crippen LogP contribution in [0.2, 0.25) is 6.04 Å². The minimum Gasteiger partial charge on any atom is -0.522 e. The first-order chi connectivity index (χ1) is 8.36.